The average Bonchev–Trinajstić information content (AvgIpc) is 3.52. The minimum atomic E-state index is -0.567. The first-order valence-corrected chi connectivity index (χ1v) is 13.7. The Morgan fingerprint density at radius 3 is 2.66 bits per heavy atom. The van der Waals surface area contributed by atoms with Crippen LogP contribution in [0.15, 0.2) is 59.0 Å². The lowest BCUT2D eigenvalue weighted by Crippen LogP contribution is -2.40. The molecule has 1 atom stereocenters. The standard InChI is InChI=1S/C28H29Cl2NO3S/c1-2-21-7-9-28(35-21)27-15-22-25(4-3-5-26(22)34-27)33-17-20(32)16-31-12-10-18(11-13-31)19-6-8-23(29)24(30)14-19/h3-9,14-15,18,20,32H,2,10-13,16-17H2,1H3. The maximum absolute atomic E-state index is 10.7. The molecular weight excluding hydrogens is 501 g/mol. The predicted octanol–water partition coefficient (Wildman–Crippen LogP) is 7.65. The van der Waals surface area contributed by atoms with Crippen molar-refractivity contribution in [2.75, 3.05) is 26.2 Å². The Kier molecular flexibility index (Phi) is 7.71. The summed E-state index contributed by atoms with van der Waals surface area (Å²) >= 11 is 14.0. The van der Waals surface area contributed by atoms with E-state index in [-0.39, 0.29) is 6.61 Å². The first kappa shape index (κ1) is 24.7. The Hall–Kier alpha value is -2.02. The topological polar surface area (TPSA) is 45.8 Å². The van der Waals surface area contributed by atoms with Crippen molar-refractivity contribution in [1.82, 2.24) is 4.90 Å². The zero-order chi connectivity index (χ0) is 24.4. The van der Waals surface area contributed by atoms with E-state index in [2.05, 4.69) is 30.0 Å². The lowest BCUT2D eigenvalue weighted by molar-refractivity contribution is 0.0599. The van der Waals surface area contributed by atoms with E-state index in [1.54, 1.807) is 11.3 Å². The largest absolute Gasteiger partial charge is 0.490 e. The third-order valence-corrected chi connectivity index (χ3v) is 8.66. The quantitative estimate of drug-likeness (QED) is 0.254. The Morgan fingerprint density at radius 2 is 1.91 bits per heavy atom. The number of thiophene rings is 1. The normalized spacial score (nSPS) is 16.1. The predicted molar refractivity (Wildman–Crippen MR) is 145 cm³/mol. The molecular formula is C28H29Cl2NO3S. The second-order valence-corrected chi connectivity index (χ2v) is 11.1. The summed E-state index contributed by atoms with van der Waals surface area (Å²) in [6, 6.07) is 18.0. The van der Waals surface area contributed by atoms with Crippen molar-refractivity contribution in [2.45, 2.75) is 38.2 Å². The first-order chi connectivity index (χ1) is 17.0. The Morgan fingerprint density at radius 1 is 1.09 bits per heavy atom. The van der Waals surface area contributed by atoms with Crippen LogP contribution in [0.25, 0.3) is 21.6 Å². The van der Waals surface area contributed by atoms with Crippen LogP contribution in [-0.2, 0) is 6.42 Å². The summed E-state index contributed by atoms with van der Waals surface area (Å²) in [5.41, 5.74) is 2.03. The molecule has 2 aromatic carbocycles. The van der Waals surface area contributed by atoms with E-state index in [1.165, 1.54) is 10.4 Å². The number of fused-ring (bicyclic) bond motifs is 1. The highest BCUT2D eigenvalue weighted by atomic mass is 35.5. The number of hydrogen-bond acceptors (Lipinski definition) is 5. The number of benzene rings is 2. The van der Waals surface area contributed by atoms with E-state index in [0.717, 1.165) is 59.7 Å². The SMILES string of the molecule is CCc1ccc(-c2cc3c(OCC(O)CN4CCC(c5ccc(Cl)c(Cl)c5)CC4)cccc3o2)s1. The maximum atomic E-state index is 10.7. The third-order valence-electron chi connectivity index (χ3n) is 6.68. The van der Waals surface area contributed by atoms with Gasteiger partial charge >= 0.3 is 0 Å². The first-order valence-electron chi connectivity index (χ1n) is 12.1. The second-order valence-electron chi connectivity index (χ2n) is 9.11. The third kappa shape index (κ3) is 5.71. The van der Waals surface area contributed by atoms with Crippen LogP contribution in [0.4, 0.5) is 0 Å². The van der Waals surface area contributed by atoms with Crippen LogP contribution in [0, 0.1) is 0 Å². The summed E-state index contributed by atoms with van der Waals surface area (Å²) < 4.78 is 12.1. The van der Waals surface area contributed by atoms with Crippen LogP contribution >= 0.6 is 34.5 Å². The Labute approximate surface area is 220 Å². The number of aliphatic hydroxyl groups excluding tert-OH is 1. The van der Waals surface area contributed by atoms with Crippen LogP contribution < -0.4 is 4.74 Å². The molecule has 1 N–H and O–H groups in total. The molecule has 1 unspecified atom stereocenters. The smallest absolute Gasteiger partial charge is 0.145 e. The van der Waals surface area contributed by atoms with Gasteiger partial charge in [0.25, 0.3) is 0 Å². The van der Waals surface area contributed by atoms with Crippen LogP contribution in [0.5, 0.6) is 5.75 Å². The number of aliphatic hydroxyl groups is 1. The van der Waals surface area contributed by atoms with Gasteiger partial charge in [-0.25, -0.2) is 0 Å². The van der Waals surface area contributed by atoms with Crippen LogP contribution in [0.2, 0.25) is 10.0 Å². The molecule has 2 aromatic heterocycles. The van der Waals surface area contributed by atoms with Crippen molar-refractivity contribution in [3.63, 3.8) is 0 Å². The number of ether oxygens (including phenoxy) is 1. The van der Waals surface area contributed by atoms with E-state index >= 15 is 0 Å². The summed E-state index contributed by atoms with van der Waals surface area (Å²) in [7, 11) is 0. The van der Waals surface area contributed by atoms with Crippen molar-refractivity contribution in [2.24, 2.45) is 0 Å². The molecule has 0 radical (unpaired) electrons. The van der Waals surface area contributed by atoms with Gasteiger partial charge in [-0.3, -0.25) is 0 Å². The molecule has 184 valence electrons. The zero-order valence-electron chi connectivity index (χ0n) is 19.7. The molecule has 1 aliphatic rings. The maximum Gasteiger partial charge on any atom is 0.145 e. The highest BCUT2D eigenvalue weighted by molar-refractivity contribution is 7.15. The van der Waals surface area contributed by atoms with Gasteiger partial charge in [-0.05, 0) is 86.3 Å². The van der Waals surface area contributed by atoms with Gasteiger partial charge in [0.05, 0.1) is 20.3 Å². The fourth-order valence-electron chi connectivity index (χ4n) is 4.73. The fourth-order valence-corrected chi connectivity index (χ4v) is 5.94. The van der Waals surface area contributed by atoms with Gasteiger partial charge in [-0.1, -0.05) is 42.3 Å². The van der Waals surface area contributed by atoms with Crippen LogP contribution in [0.1, 0.15) is 36.1 Å². The molecule has 0 spiro atoms. The molecule has 0 bridgehead atoms. The highest BCUT2D eigenvalue weighted by Crippen LogP contribution is 2.37. The second kappa shape index (κ2) is 10.9. The molecule has 1 fully saturated rings. The number of rotatable bonds is 8. The molecule has 1 saturated heterocycles. The molecule has 7 heteroatoms. The highest BCUT2D eigenvalue weighted by Gasteiger charge is 2.23. The lowest BCUT2D eigenvalue weighted by Gasteiger charge is -2.33. The number of β-amino-alcohol motifs (C(OH)–C–C–N with tert-alkyl or cyclic N) is 1. The molecule has 0 aliphatic carbocycles. The number of halogens is 2. The summed E-state index contributed by atoms with van der Waals surface area (Å²) in [4.78, 5) is 4.76. The van der Waals surface area contributed by atoms with Crippen LogP contribution in [-0.4, -0.2) is 42.4 Å². The van der Waals surface area contributed by atoms with Gasteiger partial charge in [0.15, 0.2) is 0 Å². The Balaban J connectivity index is 1.16. The van der Waals surface area contributed by atoms with Gasteiger partial charge in [0, 0.05) is 11.4 Å². The van der Waals surface area contributed by atoms with Gasteiger partial charge < -0.3 is 19.2 Å². The Bertz CT molecular complexity index is 1290. The lowest BCUT2D eigenvalue weighted by atomic mass is 9.89. The summed E-state index contributed by atoms with van der Waals surface area (Å²) in [5, 5.41) is 12.8. The van der Waals surface area contributed by atoms with E-state index in [0.29, 0.717) is 22.5 Å². The van der Waals surface area contributed by atoms with Crippen molar-refractivity contribution in [3.8, 4) is 16.4 Å². The number of likely N-dealkylation sites (tertiary alicyclic amines) is 1. The number of aryl methyl sites for hydroxylation is 1. The van der Waals surface area contributed by atoms with Crippen molar-refractivity contribution in [1.29, 1.82) is 0 Å². The minimum Gasteiger partial charge on any atom is -0.490 e. The van der Waals surface area contributed by atoms with Gasteiger partial charge in [0.2, 0.25) is 0 Å². The molecule has 5 rings (SSSR count). The van der Waals surface area contributed by atoms with E-state index in [9.17, 15) is 5.11 Å². The molecule has 0 amide bonds. The molecule has 35 heavy (non-hydrogen) atoms. The molecule has 4 aromatic rings. The number of hydrogen-bond donors (Lipinski definition) is 1. The number of furan rings is 1. The number of nitrogens with zero attached hydrogens (tertiary/aromatic N) is 1. The van der Waals surface area contributed by atoms with Crippen molar-refractivity contribution in [3.05, 3.63) is 75.1 Å². The fraction of sp³-hybridized carbons (Fsp3) is 0.357. The van der Waals surface area contributed by atoms with Gasteiger partial charge in [-0.15, -0.1) is 11.3 Å². The van der Waals surface area contributed by atoms with Gasteiger partial charge in [0.1, 0.15) is 29.8 Å². The molecule has 3 heterocycles. The van der Waals surface area contributed by atoms with Crippen molar-refractivity contribution >= 4 is 45.5 Å². The zero-order valence-corrected chi connectivity index (χ0v) is 22.0. The molecule has 1 aliphatic heterocycles. The van der Waals surface area contributed by atoms with Crippen LogP contribution in [0.3, 0.4) is 0 Å². The monoisotopic (exact) mass is 529 g/mol. The number of piperidine rings is 1. The van der Waals surface area contributed by atoms with Gasteiger partial charge in [-0.2, -0.15) is 0 Å². The summed E-state index contributed by atoms with van der Waals surface area (Å²) in [5.74, 6) is 2.06. The minimum absolute atomic E-state index is 0.241. The van der Waals surface area contributed by atoms with E-state index in [4.69, 9.17) is 32.4 Å². The average molecular weight is 531 g/mol. The summed E-state index contributed by atoms with van der Waals surface area (Å²) in [6.07, 6.45) is 2.52. The van der Waals surface area contributed by atoms with E-state index < -0.39 is 6.10 Å². The van der Waals surface area contributed by atoms with Crippen molar-refractivity contribution < 1.29 is 14.3 Å². The summed E-state index contributed by atoms with van der Waals surface area (Å²) in [6.45, 7) is 4.86. The molecule has 0 saturated carbocycles. The molecule has 4 nitrogen and oxygen atoms in total. The van der Waals surface area contributed by atoms with E-state index in [1.807, 2.05) is 36.4 Å².